The second-order valence-corrected chi connectivity index (χ2v) is 5.13. The van der Waals surface area contributed by atoms with Crippen LogP contribution in [0.3, 0.4) is 0 Å². The van der Waals surface area contributed by atoms with E-state index in [-0.39, 0.29) is 30.5 Å². The van der Waals surface area contributed by atoms with E-state index < -0.39 is 0 Å². The zero-order valence-corrected chi connectivity index (χ0v) is 14.0. The number of amides is 2. The SMILES string of the molecule is COc1cc(NC(=O)CCNC(=O)c2ccco2)c(OC)cc1Cl. The molecule has 0 bridgehead atoms. The van der Waals surface area contributed by atoms with Crippen molar-refractivity contribution in [3.8, 4) is 11.5 Å². The molecule has 0 fully saturated rings. The molecular weight excluding hydrogens is 336 g/mol. The molecule has 7 nitrogen and oxygen atoms in total. The number of halogens is 1. The third-order valence-corrected chi connectivity index (χ3v) is 3.43. The first kappa shape index (κ1) is 17.7. The number of benzene rings is 1. The van der Waals surface area contributed by atoms with Crippen molar-refractivity contribution in [3.05, 3.63) is 41.3 Å². The van der Waals surface area contributed by atoms with E-state index in [1.165, 1.54) is 20.5 Å². The van der Waals surface area contributed by atoms with Gasteiger partial charge in [0.25, 0.3) is 5.91 Å². The number of carbonyl (C=O) groups is 2. The lowest BCUT2D eigenvalue weighted by Gasteiger charge is -2.13. The molecule has 24 heavy (non-hydrogen) atoms. The van der Waals surface area contributed by atoms with E-state index >= 15 is 0 Å². The molecule has 8 heteroatoms. The van der Waals surface area contributed by atoms with Gasteiger partial charge in [-0.25, -0.2) is 0 Å². The van der Waals surface area contributed by atoms with E-state index in [2.05, 4.69) is 10.6 Å². The van der Waals surface area contributed by atoms with Crippen LogP contribution in [0.25, 0.3) is 0 Å². The van der Waals surface area contributed by atoms with Gasteiger partial charge in [-0.15, -0.1) is 0 Å². The summed E-state index contributed by atoms with van der Waals surface area (Å²) in [7, 11) is 2.95. The van der Waals surface area contributed by atoms with Gasteiger partial charge in [0.05, 0.1) is 31.2 Å². The zero-order chi connectivity index (χ0) is 17.5. The van der Waals surface area contributed by atoms with Crippen molar-refractivity contribution in [1.29, 1.82) is 0 Å². The highest BCUT2D eigenvalue weighted by Gasteiger charge is 2.13. The van der Waals surface area contributed by atoms with Crippen molar-refractivity contribution < 1.29 is 23.5 Å². The second kappa shape index (κ2) is 8.26. The van der Waals surface area contributed by atoms with Crippen LogP contribution >= 0.6 is 11.6 Å². The average molecular weight is 353 g/mol. The molecule has 0 radical (unpaired) electrons. The predicted molar refractivity (Wildman–Crippen MR) is 88.8 cm³/mol. The number of carbonyl (C=O) groups excluding carboxylic acids is 2. The number of rotatable bonds is 7. The van der Waals surface area contributed by atoms with Crippen molar-refractivity contribution in [3.63, 3.8) is 0 Å². The largest absolute Gasteiger partial charge is 0.495 e. The Morgan fingerprint density at radius 3 is 2.58 bits per heavy atom. The Hall–Kier alpha value is -2.67. The van der Waals surface area contributed by atoms with Gasteiger partial charge in [0.2, 0.25) is 5.91 Å². The number of nitrogens with one attached hydrogen (secondary N) is 2. The molecule has 0 spiro atoms. The maximum Gasteiger partial charge on any atom is 0.286 e. The van der Waals surface area contributed by atoms with Crippen molar-refractivity contribution >= 4 is 29.1 Å². The second-order valence-electron chi connectivity index (χ2n) is 4.72. The molecule has 2 rings (SSSR count). The Balaban J connectivity index is 1.91. The topological polar surface area (TPSA) is 89.8 Å². The van der Waals surface area contributed by atoms with Crippen molar-refractivity contribution in [1.82, 2.24) is 5.32 Å². The van der Waals surface area contributed by atoms with Gasteiger partial charge in [0.1, 0.15) is 11.5 Å². The van der Waals surface area contributed by atoms with Crippen LogP contribution in [-0.2, 0) is 4.79 Å². The molecule has 0 saturated heterocycles. The standard InChI is InChI=1S/C16H17ClN2O5/c1-22-13-9-11(14(23-2)8-10(13)17)19-15(20)5-6-18-16(21)12-4-3-7-24-12/h3-4,7-9H,5-6H2,1-2H3,(H,18,21)(H,19,20). The molecule has 2 N–H and O–H groups in total. The minimum absolute atomic E-state index is 0.0839. The van der Waals surface area contributed by atoms with Crippen LogP contribution in [0.15, 0.2) is 34.9 Å². The van der Waals surface area contributed by atoms with E-state index in [1.54, 1.807) is 24.3 Å². The molecule has 2 amide bonds. The van der Waals surface area contributed by atoms with Crippen LogP contribution in [-0.4, -0.2) is 32.6 Å². The maximum absolute atomic E-state index is 12.0. The van der Waals surface area contributed by atoms with Crippen LogP contribution in [0.4, 0.5) is 5.69 Å². The number of furan rings is 1. The predicted octanol–water partition coefficient (Wildman–Crippen LogP) is 2.71. The third kappa shape index (κ3) is 4.42. The number of methoxy groups -OCH3 is 2. The van der Waals surface area contributed by atoms with Crippen LogP contribution in [0.1, 0.15) is 17.0 Å². The van der Waals surface area contributed by atoms with E-state index in [4.69, 9.17) is 25.5 Å². The van der Waals surface area contributed by atoms with Crippen LogP contribution in [0.5, 0.6) is 11.5 Å². The molecule has 0 aliphatic carbocycles. The molecule has 1 aromatic carbocycles. The van der Waals surface area contributed by atoms with Crippen molar-refractivity contribution in [2.45, 2.75) is 6.42 Å². The van der Waals surface area contributed by atoms with Crippen LogP contribution in [0, 0.1) is 0 Å². The van der Waals surface area contributed by atoms with Gasteiger partial charge in [-0.3, -0.25) is 9.59 Å². The Labute approximate surface area is 143 Å². The fraction of sp³-hybridized carbons (Fsp3) is 0.250. The van der Waals surface area contributed by atoms with E-state index in [0.29, 0.717) is 22.2 Å². The normalized spacial score (nSPS) is 10.1. The fourth-order valence-corrected chi connectivity index (χ4v) is 2.19. The summed E-state index contributed by atoms with van der Waals surface area (Å²) in [5.41, 5.74) is 0.432. The first-order valence-corrected chi connectivity index (χ1v) is 7.46. The first-order chi connectivity index (χ1) is 11.5. The molecule has 0 saturated carbocycles. The summed E-state index contributed by atoms with van der Waals surface area (Å²) in [4.78, 5) is 23.7. The molecule has 0 atom stereocenters. The molecular formula is C16H17ClN2O5. The third-order valence-electron chi connectivity index (χ3n) is 3.13. The summed E-state index contributed by atoms with van der Waals surface area (Å²) in [6.07, 6.45) is 1.49. The summed E-state index contributed by atoms with van der Waals surface area (Å²) in [5.74, 6) is 0.350. The Morgan fingerprint density at radius 2 is 1.96 bits per heavy atom. The summed E-state index contributed by atoms with van der Waals surface area (Å²) in [5, 5.41) is 5.66. The number of hydrogen-bond acceptors (Lipinski definition) is 5. The maximum atomic E-state index is 12.0. The van der Waals surface area contributed by atoms with E-state index in [1.807, 2.05) is 0 Å². The van der Waals surface area contributed by atoms with Gasteiger partial charge >= 0.3 is 0 Å². The lowest BCUT2D eigenvalue weighted by Crippen LogP contribution is -2.27. The molecule has 1 aromatic heterocycles. The minimum atomic E-state index is -0.376. The smallest absolute Gasteiger partial charge is 0.286 e. The van der Waals surface area contributed by atoms with Crippen molar-refractivity contribution in [2.75, 3.05) is 26.1 Å². The monoisotopic (exact) mass is 352 g/mol. The number of ether oxygens (including phenoxy) is 2. The molecule has 128 valence electrons. The van der Waals surface area contributed by atoms with Crippen LogP contribution < -0.4 is 20.1 Å². The highest BCUT2D eigenvalue weighted by molar-refractivity contribution is 6.32. The van der Waals surface area contributed by atoms with Gasteiger partial charge < -0.3 is 24.5 Å². The van der Waals surface area contributed by atoms with Crippen LogP contribution in [0.2, 0.25) is 5.02 Å². The molecule has 2 aromatic rings. The van der Waals surface area contributed by atoms with Gasteiger partial charge in [0, 0.05) is 25.1 Å². The van der Waals surface area contributed by atoms with Crippen molar-refractivity contribution in [2.24, 2.45) is 0 Å². The summed E-state index contributed by atoms with van der Waals surface area (Å²) < 4.78 is 15.3. The Bertz CT molecular complexity index is 716. The first-order valence-electron chi connectivity index (χ1n) is 7.08. The van der Waals surface area contributed by atoms with E-state index in [0.717, 1.165) is 0 Å². The lowest BCUT2D eigenvalue weighted by molar-refractivity contribution is -0.116. The number of anilines is 1. The minimum Gasteiger partial charge on any atom is -0.495 e. The molecule has 1 heterocycles. The Kier molecular flexibility index (Phi) is 6.08. The Morgan fingerprint density at radius 1 is 1.21 bits per heavy atom. The van der Waals surface area contributed by atoms with Gasteiger partial charge in [-0.05, 0) is 12.1 Å². The highest BCUT2D eigenvalue weighted by atomic mass is 35.5. The highest BCUT2D eigenvalue weighted by Crippen LogP contribution is 2.35. The average Bonchev–Trinajstić information content (AvgIpc) is 3.10. The van der Waals surface area contributed by atoms with E-state index in [9.17, 15) is 9.59 Å². The number of hydrogen-bond donors (Lipinski definition) is 2. The molecule has 0 aliphatic heterocycles. The summed E-state index contributed by atoms with van der Waals surface area (Å²) in [6.45, 7) is 0.165. The summed E-state index contributed by atoms with van der Waals surface area (Å²) in [6, 6.07) is 6.28. The van der Waals surface area contributed by atoms with Gasteiger partial charge in [0.15, 0.2) is 5.76 Å². The zero-order valence-electron chi connectivity index (χ0n) is 13.2. The van der Waals surface area contributed by atoms with Gasteiger partial charge in [-0.2, -0.15) is 0 Å². The molecule has 0 aliphatic rings. The fourth-order valence-electron chi connectivity index (χ4n) is 1.96. The van der Waals surface area contributed by atoms with Gasteiger partial charge in [-0.1, -0.05) is 11.6 Å². The molecule has 0 unspecified atom stereocenters. The summed E-state index contributed by atoms with van der Waals surface area (Å²) >= 11 is 6.01. The quantitative estimate of drug-likeness (QED) is 0.799. The lowest BCUT2D eigenvalue weighted by atomic mass is 10.2.